The maximum absolute atomic E-state index is 4.20. The van der Waals surface area contributed by atoms with Crippen LogP contribution in [0, 0.1) is 0 Å². The van der Waals surface area contributed by atoms with Crippen molar-refractivity contribution >= 4 is 34.7 Å². The van der Waals surface area contributed by atoms with E-state index in [4.69, 9.17) is 0 Å². The summed E-state index contributed by atoms with van der Waals surface area (Å²) in [6, 6.07) is 10.0. The van der Waals surface area contributed by atoms with E-state index in [2.05, 4.69) is 43.1 Å². The molecule has 2 aromatic rings. The number of hydrogen-bond acceptors (Lipinski definition) is 3. The van der Waals surface area contributed by atoms with Crippen LogP contribution in [0.4, 0.5) is 0 Å². The van der Waals surface area contributed by atoms with Gasteiger partial charge >= 0.3 is 25.5 Å². The van der Waals surface area contributed by atoms with E-state index in [1.165, 1.54) is 0 Å². The second-order valence-corrected chi connectivity index (χ2v) is 2.90. The number of pyridine rings is 1. The zero-order chi connectivity index (χ0) is 9.68. The van der Waals surface area contributed by atoms with Crippen molar-refractivity contribution in [3.8, 4) is 0 Å². The first-order valence-electron chi connectivity index (χ1n) is 3.54. The van der Waals surface area contributed by atoms with Crippen LogP contribution in [0.25, 0.3) is 10.9 Å². The molecule has 0 atom stereocenters. The van der Waals surface area contributed by atoms with Crippen LogP contribution >= 0.6 is 23.8 Å². The Morgan fingerprint density at radius 1 is 1.15 bits per heavy atom. The molecule has 2 rings (SSSR count). The molecule has 0 saturated carbocycles. The molecule has 4 heteroatoms. The molecule has 0 amide bonds. The van der Waals surface area contributed by atoms with Crippen LogP contribution in [-0.2, 0) is 14.4 Å². The molecule has 1 nitrogen and oxygen atoms in total. The Balaban J connectivity index is 0.000000396. The number of benzene rings is 1. The van der Waals surface area contributed by atoms with E-state index in [1.54, 1.807) is 6.20 Å². The summed E-state index contributed by atoms with van der Waals surface area (Å²) in [7, 11) is 0. The molecule has 0 fully saturated rings. The Morgan fingerprint density at radius 3 is 2.62 bits per heavy atom. The number of rotatable bonds is 0. The standard InChI is InChI=1S/C9H7NS.Ni.H2S/c11-8-5-7-3-1-2-4-9(7)10-6-8;;/h1-6,11H;;1H2/q;+1;/p-1. The molecule has 13 heavy (non-hydrogen) atoms. The molecular formula is C9H8NNiS2. The Hall–Kier alpha value is -0.176. The average molecular weight is 253 g/mol. The van der Waals surface area contributed by atoms with Crippen molar-refractivity contribution in [2.75, 3.05) is 0 Å². The summed E-state index contributed by atoms with van der Waals surface area (Å²) in [6.45, 7) is 0. The predicted molar refractivity (Wildman–Crippen MR) is 58.0 cm³/mol. The zero-order valence-corrected chi connectivity index (χ0v) is 9.40. The Kier molecular flexibility index (Phi) is 4.64. The second kappa shape index (κ2) is 5.53. The molecule has 1 aromatic heterocycles. The van der Waals surface area contributed by atoms with Crippen LogP contribution in [0.2, 0.25) is 0 Å². The van der Waals surface area contributed by atoms with Crippen molar-refractivity contribution in [3.63, 3.8) is 0 Å². The molecule has 1 aromatic carbocycles. The van der Waals surface area contributed by atoms with Gasteiger partial charge in [0.05, 0.1) is 5.52 Å². The van der Waals surface area contributed by atoms with Crippen molar-refractivity contribution in [2.24, 2.45) is 0 Å². The van der Waals surface area contributed by atoms with Gasteiger partial charge in [-0.1, -0.05) is 18.2 Å². The number of hydrogen-bond donors (Lipinski definition) is 2. The van der Waals surface area contributed by atoms with Gasteiger partial charge in [-0.05, 0) is 12.1 Å². The molecule has 0 aliphatic heterocycles. The first-order valence-corrected chi connectivity index (χ1v) is 5.60. The van der Waals surface area contributed by atoms with E-state index in [9.17, 15) is 0 Å². The quantitative estimate of drug-likeness (QED) is 0.543. The van der Waals surface area contributed by atoms with E-state index < -0.39 is 0 Å². The monoisotopic (exact) mass is 252 g/mol. The van der Waals surface area contributed by atoms with Crippen molar-refractivity contribution in [1.29, 1.82) is 0 Å². The third-order valence-electron chi connectivity index (χ3n) is 1.58. The molecule has 0 bridgehead atoms. The minimum absolute atomic E-state index is 0.906. The number of aromatic nitrogens is 1. The van der Waals surface area contributed by atoms with Gasteiger partial charge in [-0.25, -0.2) is 0 Å². The van der Waals surface area contributed by atoms with E-state index in [0.717, 1.165) is 15.8 Å². The zero-order valence-electron chi connectivity index (χ0n) is 6.62. The fourth-order valence-corrected chi connectivity index (χ4v) is 1.26. The molecule has 1 heterocycles. The number of para-hydroxylation sites is 1. The third kappa shape index (κ3) is 2.90. The SMILES string of the molecule is Sc1cnc2ccccc2c1.[SH][Ni]. The van der Waals surface area contributed by atoms with Gasteiger partial charge in [0.15, 0.2) is 0 Å². The maximum atomic E-state index is 4.20. The topological polar surface area (TPSA) is 12.9 Å². The Labute approximate surface area is 95.3 Å². The van der Waals surface area contributed by atoms with E-state index in [1.807, 2.05) is 30.3 Å². The summed E-state index contributed by atoms with van der Waals surface area (Å²) >= 11 is 10.9. The molecule has 0 spiro atoms. The van der Waals surface area contributed by atoms with E-state index in [0.29, 0.717) is 0 Å². The molecule has 71 valence electrons. The molecule has 0 N–H and O–H groups in total. The van der Waals surface area contributed by atoms with Crippen molar-refractivity contribution < 1.29 is 14.4 Å². The summed E-state index contributed by atoms with van der Waals surface area (Å²) in [4.78, 5) is 5.11. The summed E-state index contributed by atoms with van der Waals surface area (Å²) < 4.78 is 0. The van der Waals surface area contributed by atoms with E-state index >= 15 is 0 Å². The second-order valence-electron chi connectivity index (χ2n) is 2.39. The molecule has 0 aliphatic rings. The Morgan fingerprint density at radius 2 is 1.85 bits per heavy atom. The van der Waals surface area contributed by atoms with Crippen LogP contribution in [0.5, 0.6) is 0 Å². The molecule has 0 radical (unpaired) electrons. The van der Waals surface area contributed by atoms with Crippen LogP contribution in [0.1, 0.15) is 0 Å². The van der Waals surface area contributed by atoms with Crippen molar-refractivity contribution in [2.45, 2.75) is 4.90 Å². The van der Waals surface area contributed by atoms with Gasteiger partial charge in [0.25, 0.3) is 0 Å². The summed E-state index contributed by atoms with van der Waals surface area (Å²) in [5, 5.41) is 1.14. The van der Waals surface area contributed by atoms with Gasteiger partial charge in [0.2, 0.25) is 0 Å². The number of nitrogens with zero attached hydrogens (tertiary/aromatic N) is 1. The molecule has 0 aliphatic carbocycles. The summed E-state index contributed by atoms with van der Waals surface area (Å²) in [5.41, 5.74) is 1.02. The number of fused-ring (bicyclic) bond motifs is 1. The molecule has 0 saturated heterocycles. The minimum atomic E-state index is 0.906. The normalized spacial score (nSPS) is 9.23. The summed E-state index contributed by atoms with van der Waals surface area (Å²) in [5.74, 6) is 0. The summed E-state index contributed by atoms with van der Waals surface area (Å²) in [6.07, 6.45) is 1.76. The molecule has 0 unspecified atom stereocenters. The van der Waals surface area contributed by atoms with Crippen molar-refractivity contribution in [3.05, 3.63) is 36.5 Å². The van der Waals surface area contributed by atoms with Gasteiger partial charge in [0.1, 0.15) is 0 Å². The number of thiol groups is 2. The van der Waals surface area contributed by atoms with Crippen molar-refractivity contribution in [1.82, 2.24) is 4.98 Å². The van der Waals surface area contributed by atoms with Gasteiger partial charge in [-0.3, -0.25) is 4.98 Å². The van der Waals surface area contributed by atoms with Gasteiger partial charge in [-0.2, -0.15) is 0 Å². The van der Waals surface area contributed by atoms with E-state index in [-0.39, 0.29) is 0 Å². The van der Waals surface area contributed by atoms with Crippen LogP contribution < -0.4 is 0 Å². The predicted octanol–water partition coefficient (Wildman–Crippen LogP) is 2.90. The average Bonchev–Trinajstić information content (AvgIpc) is 2.21. The van der Waals surface area contributed by atoms with Crippen LogP contribution in [-0.4, -0.2) is 4.98 Å². The van der Waals surface area contributed by atoms with Gasteiger partial charge in [0, 0.05) is 16.5 Å². The fourth-order valence-electron chi connectivity index (χ4n) is 1.06. The first kappa shape index (κ1) is 10.9. The van der Waals surface area contributed by atoms with Crippen LogP contribution in [0.3, 0.4) is 0 Å². The van der Waals surface area contributed by atoms with Gasteiger partial charge < -0.3 is 0 Å². The molecular weight excluding hydrogens is 245 g/mol. The van der Waals surface area contributed by atoms with Gasteiger partial charge in [-0.15, -0.1) is 12.6 Å². The Bertz CT molecular complexity index is 392. The fraction of sp³-hybridized carbons (Fsp3) is 0. The van der Waals surface area contributed by atoms with Crippen LogP contribution in [0.15, 0.2) is 41.4 Å². The first-order chi connectivity index (χ1) is 6.36. The third-order valence-corrected chi connectivity index (χ3v) is 1.82.